The minimum Gasteiger partial charge on any atom is -0.367 e. The molecule has 0 atom stereocenters. The largest absolute Gasteiger partial charge is 0.367 e. The minimum absolute atomic E-state index is 0.0256. The maximum absolute atomic E-state index is 13.6. The van der Waals surface area contributed by atoms with Crippen molar-refractivity contribution >= 4 is 45.7 Å². The van der Waals surface area contributed by atoms with Crippen LogP contribution in [0.5, 0.6) is 0 Å². The topological polar surface area (TPSA) is 36.4 Å². The Morgan fingerprint density at radius 3 is 2.25 bits per heavy atom. The lowest BCUT2D eigenvalue weighted by Crippen LogP contribution is -2.49. The van der Waals surface area contributed by atoms with Crippen LogP contribution in [-0.4, -0.2) is 42.0 Å². The van der Waals surface area contributed by atoms with Gasteiger partial charge in [0.15, 0.2) is 0 Å². The van der Waals surface area contributed by atoms with E-state index in [1.807, 2.05) is 83.8 Å². The maximum Gasteiger partial charge on any atom is 0.254 e. The minimum atomic E-state index is 0.0256. The van der Waals surface area contributed by atoms with E-state index in [4.69, 9.17) is 28.2 Å². The summed E-state index contributed by atoms with van der Waals surface area (Å²) in [5.41, 5.74) is 4.18. The Hall–Kier alpha value is -3.08. The highest BCUT2D eigenvalue weighted by atomic mass is 35.5. The van der Waals surface area contributed by atoms with E-state index in [0.717, 1.165) is 46.0 Å². The molecule has 2 heterocycles. The molecule has 0 radical (unpaired) electrons. The number of anilines is 1. The maximum atomic E-state index is 13.6. The lowest BCUT2D eigenvalue weighted by Gasteiger charge is -2.36. The average molecular weight is 462 g/mol. The van der Waals surface area contributed by atoms with Gasteiger partial charge in [0.25, 0.3) is 5.91 Å². The molecule has 4 nitrogen and oxygen atoms in total. The second-order valence-electron chi connectivity index (χ2n) is 7.81. The van der Waals surface area contributed by atoms with Gasteiger partial charge in [-0.05, 0) is 36.4 Å². The molecule has 5 rings (SSSR count). The van der Waals surface area contributed by atoms with Gasteiger partial charge in [-0.2, -0.15) is 0 Å². The van der Waals surface area contributed by atoms with Crippen LogP contribution in [-0.2, 0) is 0 Å². The monoisotopic (exact) mass is 461 g/mol. The molecular weight excluding hydrogens is 441 g/mol. The molecule has 1 aromatic heterocycles. The van der Waals surface area contributed by atoms with E-state index < -0.39 is 0 Å². The molecule has 0 unspecified atom stereocenters. The zero-order chi connectivity index (χ0) is 22.1. The van der Waals surface area contributed by atoms with Gasteiger partial charge >= 0.3 is 0 Å². The van der Waals surface area contributed by atoms with Crippen LogP contribution in [0.25, 0.3) is 22.2 Å². The van der Waals surface area contributed by atoms with Crippen LogP contribution in [0, 0.1) is 0 Å². The highest BCUT2D eigenvalue weighted by Crippen LogP contribution is 2.29. The number of aromatic nitrogens is 1. The van der Waals surface area contributed by atoms with Crippen LogP contribution in [0.15, 0.2) is 78.9 Å². The van der Waals surface area contributed by atoms with Crippen molar-refractivity contribution < 1.29 is 4.79 Å². The van der Waals surface area contributed by atoms with Crippen molar-refractivity contribution in [2.24, 2.45) is 0 Å². The van der Waals surface area contributed by atoms with Gasteiger partial charge in [0.05, 0.1) is 27.5 Å². The number of carbonyl (C=O) groups excluding carboxylic acids is 1. The summed E-state index contributed by atoms with van der Waals surface area (Å²) in [5, 5.41) is 2.27. The van der Waals surface area contributed by atoms with E-state index in [9.17, 15) is 4.79 Å². The fourth-order valence-electron chi connectivity index (χ4n) is 4.15. The van der Waals surface area contributed by atoms with Gasteiger partial charge in [-0.1, -0.05) is 65.7 Å². The number of hydrogen-bond donors (Lipinski definition) is 0. The fraction of sp³-hybridized carbons (Fsp3) is 0.154. The van der Waals surface area contributed by atoms with E-state index in [0.29, 0.717) is 23.7 Å². The number of carbonyl (C=O) groups is 1. The Balaban J connectivity index is 1.44. The van der Waals surface area contributed by atoms with Crippen LogP contribution in [0.4, 0.5) is 5.69 Å². The summed E-state index contributed by atoms with van der Waals surface area (Å²) in [6, 6.07) is 25.0. The number of amides is 1. The lowest BCUT2D eigenvalue weighted by atomic mass is 10.0. The zero-order valence-corrected chi connectivity index (χ0v) is 18.9. The van der Waals surface area contributed by atoms with Crippen molar-refractivity contribution in [2.75, 3.05) is 31.1 Å². The number of fused-ring (bicyclic) bond motifs is 1. The Kier molecular flexibility index (Phi) is 5.73. The van der Waals surface area contributed by atoms with Crippen molar-refractivity contribution in [3.05, 3.63) is 94.5 Å². The van der Waals surface area contributed by atoms with Crippen molar-refractivity contribution in [3.63, 3.8) is 0 Å². The summed E-state index contributed by atoms with van der Waals surface area (Å²) in [7, 11) is 0. The van der Waals surface area contributed by atoms with Gasteiger partial charge in [0.1, 0.15) is 0 Å². The number of pyridine rings is 1. The molecule has 1 amide bonds. The summed E-state index contributed by atoms with van der Waals surface area (Å²) < 4.78 is 0. The lowest BCUT2D eigenvalue weighted by molar-refractivity contribution is 0.0749. The van der Waals surface area contributed by atoms with Gasteiger partial charge in [0, 0.05) is 42.2 Å². The molecule has 4 aromatic rings. The van der Waals surface area contributed by atoms with Crippen molar-refractivity contribution in [2.45, 2.75) is 0 Å². The molecule has 6 heteroatoms. The van der Waals surface area contributed by atoms with Crippen LogP contribution in [0.2, 0.25) is 10.0 Å². The SMILES string of the molecule is O=C(c1cc(-c2ccc(Cl)cc2)nc2ccccc12)N1CCN(c2ccccc2Cl)CC1. The molecule has 1 saturated heterocycles. The summed E-state index contributed by atoms with van der Waals surface area (Å²) in [6.45, 7) is 2.75. The predicted molar refractivity (Wildman–Crippen MR) is 132 cm³/mol. The van der Waals surface area contributed by atoms with Crippen molar-refractivity contribution in [1.82, 2.24) is 9.88 Å². The number of hydrogen-bond acceptors (Lipinski definition) is 3. The quantitative estimate of drug-likeness (QED) is 0.365. The van der Waals surface area contributed by atoms with Crippen LogP contribution in [0.3, 0.4) is 0 Å². The Morgan fingerprint density at radius 2 is 1.50 bits per heavy atom. The van der Waals surface area contributed by atoms with Gasteiger partial charge in [-0.25, -0.2) is 4.98 Å². The highest BCUT2D eigenvalue weighted by Gasteiger charge is 2.25. The molecule has 0 spiro atoms. The first-order valence-corrected chi connectivity index (χ1v) is 11.3. The first-order chi connectivity index (χ1) is 15.6. The van der Waals surface area contributed by atoms with Crippen LogP contribution in [0.1, 0.15) is 10.4 Å². The number of nitrogens with zero attached hydrogens (tertiary/aromatic N) is 3. The smallest absolute Gasteiger partial charge is 0.254 e. The Labute approximate surface area is 197 Å². The molecule has 160 valence electrons. The van der Waals surface area contributed by atoms with E-state index in [2.05, 4.69) is 4.90 Å². The molecule has 1 fully saturated rings. The third-order valence-corrected chi connectivity index (χ3v) is 6.42. The van der Waals surface area contributed by atoms with E-state index >= 15 is 0 Å². The second-order valence-corrected chi connectivity index (χ2v) is 8.65. The molecule has 32 heavy (non-hydrogen) atoms. The van der Waals surface area contributed by atoms with E-state index in [1.54, 1.807) is 0 Å². The first-order valence-electron chi connectivity index (χ1n) is 10.5. The average Bonchev–Trinajstić information content (AvgIpc) is 2.84. The second kappa shape index (κ2) is 8.81. The number of halogens is 2. The molecule has 1 aliphatic rings. The van der Waals surface area contributed by atoms with Gasteiger partial charge in [-0.3, -0.25) is 4.79 Å². The van der Waals surface area contributed by atoms with E-state index in [1.165, 1.54) is 0 Å². The standard InChI is InChI=1S/C26H21Cl2N3O/c27-19-11-9-18(10-12-19)24-17-21(20-5-1-3-7-23(20)29-24)26(32)31-15-13-30(14-16-31)25-8-4-2-6-22(25)28/h1-12,17H,13-16H2. The first kappa shape index (κ1) is 20.8. The molecule has 3 aromatic carbocycles. The Bertz CT molecular complexity index is 1280. The summed E-state index contributed by atoms with van der Waals surface area (Å²) in [5.74, 6) is 0.0256. The fourth-order valence-corrected chi connectivity index (χ4v) is 4.53. The normalized spacial score (nSPS) is 14.1. The summed E-state index contributed by atoms with van der Waals surface area (Å²) >= 11 is 12.4. The van der Waals surface area contributed by atoms with Crippen LogP contribution >= 0.6 is 23.2 Å². The van der Waals surface area contributed by atoms with Gasteiger partial charge in [-0.15, -0.1) is 0 Å². The number of piperazine rings is 1. The molecule has 0 bridgehead atoms. The Morgan fingerprint density at radius 1 is 0.812 bits per heavy atom. The zero-order valence-electron chi connectivity index (χ0n) is 17.3. The summed E-state index contributed by atoms with van der Waals surface area (Å²) in [4.78, 5) is 22.5. The molecule has 0 aliphatic carbocycles. The number of benzene rings is 3. The molecule has 0 saturated carbocycles. The molecular formula is C26H21Cl2N3O. The number of para-hydroxylation sites is 2. The van der Waals surface area contributed by atoms with Gasteiger partial charge < -0.3 is 9.80 Å². The predicted octanol–water partition coefficient (Wildman–Crippen LogP) is 6.17. The van der Waals surface area contributed by atoms with Crippen LogP contribution < -0.4 is 4.90 Å². The third-order valence-electron chi connectivity index (χ3n) is 5.85. The summed E-state index contributed by atoms with van der Waals surface area (Å²) in [6.07, 6.45) is 0. The van der Waals surface area contributed by atoms with Crippen molar-refractivity contribution in [1.29, 1.82) is 0 Å². The van der Waals surface area contributed by atoms with Gasteiger partial charge in [0.2, 0.25) is 0 Å². The number of rotatable bonds is 3. The molecule has 0 N–H and O–H groups in total. The van der Waals surface area contributed by atoms with E-state index in [-0.39, 0.29) is 5.91 Å². The van der Waals surface area contributed by atoms with Crippen molar-refractivity contribution in [3.8, 4) is 11.3 Å². The highest BCUT2D eigenvalue weighted by molar-refractivity contribution is 6.33. The molecule has 1 aliphatic heterocycles. The third kappa shape index (κ3) is 4.04.